The van der Waals surface area contributed by atoms with Gasteiger partial charge in [0.05, 0.1) is 6.04 Å². The highest BCUT2D eigenvalue weighted by molar-refractivity contribution is 5.89. The summed E-state index contributed by atoms with van der Waals surface area (Å²) in [6.07, 6.45) is 0.443. The quantitative estimate of drug-likeness (QED) is 0.676. The Bertz CT molecular complexity index is 404. The Labute approximate surface area is 107 Å². The largest absolute Gasteiger partial charge is 0.357 e. The number of carbonyl (C=O) groups excluding carboxylic acids is 2. The van der Waals surface area contributed by atoms with Crippen LogP contribution >= 0.6 is 0 Å². The van der Waals surface area contributed by atoms with Crippen LogP contribution in [0.1, 0.15) is 12.5 Å². The normalized spacial score (nSPS) is 13.5. The average Bonchev–Trinajstić information content (AvgIpc) is 2.38. The van der Waals surface area contributed by atoms with Crippen LogP contribution in [0, 0.1) is 0 Å². The van der Waals surface area contributed by atoms with Gasteiger partial charge < -0.3 is 16.4 Å². The first-order chi connectivity index (χ1) is 8.54. The van der Waals surface area contributed by atoms with Gasteiger partial charge in [-0.1, -0.05) is 30.3 Å². The molecule has 5 nitrogen and oxygen atoms in total. The SMILES string of the molecule is CNC(=O)C(Cc1ccccc1)NC(=O)C(C)N. The molecule has 0 heterocycles. The summed E-state index contributed by atoms with van der Waals surface area (Å²) < 4.78 is 0. The lowest BCUT2D eigenvalue weighted by Crippen LogP contribution is -2.51. The van der Waals surface area contributed by atoms with Crippen LogP contribution in [-0.2, 0) is 16.0 Å². The van der Waals surface area contributed by atoms with Crippen molar-refractivity contribution in [2.24, 2.45) is 5.73 Å². The maximum atomic E-state index is 11.7. The first-order valence-corrected chi connectivity index (χ1v) is 5.86. The molecule has 2 amide bonds. The predicted octanol–water partition coefficient (Wildman–Crippen LogP) is -0.193. The molecule has 18 heavy (non-hydrogen) atoms. The van der Waals surface area contributed by atoms with Crippen molar-refractivity contribution >= 4 is 11.8 Å². The fourth-order valence-electron chi connectivity index (χ4n) is 1.54. The van der Waals surface area contributed by atoms with E-state index in [2.05, 4.69) is 10.6 Å². The molecule has 0 aliphatic rings. The van der Waals surface area contributed by atoms with E-state index < -0.39 is 12.1 Å². The van der Waals surface area contributed by atoms with Gasteiger partial charge in [-0.05, 0) is 12.5 Å². The van der Waals surface area contributed by atoms with Crippen molar-refractivity contribution in [2.75, 3.05) is 7.05 Å². The molecule has 2 unspecified atom stereocenters. The van der Waals surface area contributed by atoms with E-state index >= 15 is 0 Å². The fourth-order valence-corrected chi connectivity index (χ4v) is 1.54. The van der Waals surface area contributed by atoms with Crippen LogP contribution in [0.2, 0.25) is 0 Å². The van der Waals surface area contributed by atoms with Crippen molar-refractivity contribution in [3.63, 3.8) is 0 Å². The lowest BCUT2D eigenvalue weighted by atomic mass is 10.0. The molecule has 0 aliphatic heterocycles. The molecule has 0 bridgehead atoms. The van der Waals surface area contributed by atoms with Crippen LogP contribution in [0.25, 0.3) is 0 Å². The van der Waals surface area contributed by atoms with Crippen LogP contribution in [0.3, 0.4) is 0 Å². The molecule has 0 saturated carbocycles. The Morgan fingerprint density at radius 3 is 2.33 bits per heavy atom. The number of hydrogen-bond donors (Lipinski definition) is 3. The second-order valence-electron chi connectivity index (χ2n) is 4.15. The summed E-state index contributed by atoms with van der Waals surface area (Å²) in [6.45, 7) is 1.58. The monoisotopic (exact) mass is 249 g/mol. The molecule has 1 aromatic carbocycles. The van der Waals surface area contributed by atoms with Crippen LogP contribution in [0.15, 0.2) is 30.3 Å². The average molecular weight is 249 g/mol. The van der Waals surface area contributed by atoms with Crippen molar-refractivity contribution in [3.05, 3.63) is 35.9 Å². The zero-order chi connectivity index (χ0) is 13.5. The van der Waals surface area contributed by atoms with Gasteiger partial charge in [0.2, 0.25) is 11.8 Å². The van der Waals surface area contributed by atoms with E-state index in [0.717, 1.165) is 5.56 Å². The topological polar surface area (TPSA) is 84.2 Å². The van der Waals surface area contributed by atoms with Crippen molar-refractivity contribution < 1.29 is 9.59 Å². The predicted molar refractivity (Wildman–Crippen MR) is 69.8 cm³/mol. The summed E-state index contributed by atoms with van der Waals surface area (Å²) in [5.74, 6) is -0.563. The minimum atomic E-state index is -0.632. The molecule has 0 aliphatic carbocycles. The molecule has 0 saturated heterocycles. The molecule has 4 N–H and O–H groups in total. The van der Waals surface area contributed by atoms with E-state index in [1.54, 1.807) is 14.0 Å². The summed E-state index contributed by atoms with van der Waals surface area (Å²) in [7, 11) is 1.54. The molecule has 98 valence electrons. The first-order valence-electron chi connectivity index (χ1n) is 5.86. The molecule has 1 aromatic rings. The van der Waals surface area contributed by atoms with Gasteiger partial charge in [-0.25, -0.2) is 0 Å². The molecule has 0 fully saturated rings. The van der Waals surface area contributed by atoms with E-state index in [4.69, 9.17) is 5.73 Å². The summed E-state index contributed by atoms with van der Waals surface area (Å²) in [5, 5.41) is 5.17. The van der Waals surface area contributed by atoms with Gasteiger partial charge in [0.15, 0.2) is 0 Å². The number of rotatable bonds is 5. The lowest BCUT2D eigenvalue weighted by molar-refractivity contribution is -0.129. The minimum Gasteiger partial charge on any atom is -0.357 e. The molecular weight excluding hydrogens is 230 g/mol. The van der Waals surface area contributed by atoms with Gasteiger partial charge in [-0.15, -0.1) is 0 Å². The van der Waals surface area contributed by atoms with Crippen molar-refractivity contribution in [1.82, 2.24) is 10.6 Å². The second-order valence-corrected chi connectivity index (χ2v) is 4.15. The van der Waals surface area contributed by atoms with Crippen molar-refractivity contribution in [2.45, 2.75) is 25.4 Å². The van der Waals surface area contributed by atoms with Gasteiger partial charge in [-0.2, -0.15) is 0 Å². The van der Waals surface area contributed by atoms with Crippen LogP contribution in [0.5, 0.6) is 0 Å². The third kappa shape index (κ3) is 4.18. The zero-order valence-electron chi connectivity index (χ0n) is 10.6. The molecule has 2 atom stereocenters. The Morgan fingerprint density at radius 2 is 1.83 bits per heavy atom. The van der Waals surface area contributed by atoms with Crippen LogP contribution in [-0.4, -0.2) is 30.9 Å². The minimum absolute atomic E-state index is 0.229. The van der Waals surface area contributed by atoms with Gasteiger partial charge in [0.1, 0.15) is 6.04 Å². The van der Waals surface area contributed by atoms with Crippen LogP contribution in [0.4, 0.5) is 0 Å². The number of nitrogens with two attached hydrogens (primary N) is 1. The summed E-state index contributed by atoms with van der Waals surface area (Å²) in [6, 6.07) is 8.28. The maximum absolute atomic E-state index is 11.7. The standard InChI is InChI=1S/C13H19N3O2/c1-9(14)12(17)16-11(13(18)15-2)8-10-6-4-3-5-7-10/h3-7,9,11H,8,14H2,1-2H3,(H,15,18)(H,16,17). The van der Waals surface area contributed by atoms with Gasteiger partial charge in [0, 0.05) is 13.5 Å². The summed E-state index contributed by atoms with van der Waals surface area (Å²) in [5.41, 5.74) is 6.46. The Hall–Kier alpha value is -1.88. The Balaban J connectivity index is 2.73. The molecule has 0 aromatic heterocycles. The number of benzene rings is 1. The van der Waals surface area contributed by atoms with Crippen molar-refractivity contribution in [1.29, 1.82) is 0 Å². The first kappa shape index (κ1) is 14.2. The number of likely N-dealkylation sites (N-methyl/N-ethyl adjacent to an activating group) is 1. The fraction of sp³-hybridized carbons (Fsp3) is 0.385. The van der Waals surface area contributed by atoms with Gasteiger partial charge in [-0.3, -0.25) is 9.59 Å². The number of carbonyl (C=O) groups is 2. The van der Waals surface area contributed by atoms with E-state index in [1.165, 1.54) is 0 Å². The number of hydrogen-bond acceptors (Lipinski definition) is 3. The lowest BCUT2D eigenvalue weighted by Gasteiger charge is -2.18. The van der Waals surface area contributed by atoms with E-state index in [0.29, 0.717) is 6.42 Å². The van der Waals surface area contributed by atoms with Gasteiger partial charge >= 0.3 is 0 Å². The highest BCUT2D eigenvalue weighted by Gasteiger charge is 2.21. The summed E-state index contributed by atoms with van der Waals surface area (Å²) >= 11 is 0. The number of nitrogens with one attached hydrogen (secondary N) is 2. The highest BCUT2D eigenvalue weighted by atomic mass is 16.2. The second kappa shape index (κ2) is 6.76. The third-order valence-electron chi connectivity index (χ3n) is 2.58. The van der Waals surface area contributed by atoms with E-state index in [9.17, 15) is 9.59 Å². The molecule has 5 heteroatoms. The smallest absolute Gasteiger partial charge is 0.242 e. The van der Waals surface area contributed by atoms with E-state index in [1.807, 2.05) is 30.3 Å². The maximum Gasteiger partial charge on any atom is 0.242 e. The molecule has 0 radical (unpaired) electrons. The Kier molecular flexibility index (Phi) is 5.32. The van der Waals surface area contributed by atoms with Crippen LogP contribution < -0.4 is 16.4 Å². The Morgan fingerprint density at radius 1 is 1.22 bits per heavy atom. The number of amides is 2. The summed E-state index contributed by atoms with van der Waals surface area (Å²) in [4.78, 5) is 23.3. The molecular formula is C13H19N3O2. The highest BCUT2D eigenvalue weighted by Crippen LogP contribution is 2.03. The van der Waals surface area contributed by atoms with Crippen molar-refractivity contribution in [3.8, 4) is 0 Å². The van der Waals surface area contributed by atoms with E-state index in [-0.39, 0.29) is 11.8 Å². The zero-order valence-corrected chi connectivity index (χ0v) is 10.6. The third-order valence-corrected chi connectivity index (χ3v) is 2.58. The van der Waals surface area contributed by atoms with Gasteiger partial charge in [0.25, 0.3) is 0 Å². The molecule has 1 rings (SSSR count). The molecule has 0 spiro atoms.